The van der Waals surface area contributed by atoms with Crippen molar-refractivity contribution in [3.05, 3.63) is 91.8 Å². The van der Waals surface area contributed by atoms with Crippen LogP contribution >= 0.6 is 35.0 Å². The molecule has 0 atom stereocenters. The van der Waals surface area contributed by atoms with Crippen molar-refractivity contribution in [2.24, 2.45) is 0 Å². The van der Waals surface area contributed by atoms with Crippen LogP contribution in [0, 0.1) is 13.8 Å². The highest BCUT2D eigenvalue weighted by Crippen LogP contribution is 2.36. The summed E-state index contributed by atoms with van der Waals surface area (Å²) in [6.45, 7) is 10.4. The van der Waals surface area contributed by atoms with E-state index in [1.54, 1.807) is 18.2 Å². The normalized spacial score (nSPS) is 14.2. The molecule has 1 fully saturated rings. The molecule has 1 saturated heterocycles. The second kappa shape index (κ2) is 13.5. The Balaban J connectivity index is 1.53. The Hall–Kier alpha value is -3.13. The van der Waals surface area contributed by atoms with Gasteiger partial charge in [0.2, 0.25) is 0 Å². The van der Waals surface area contributed by atoms with E-state index in [1.807, 2.05) is 56.3 Å². The fourth-order valence-electron chi connectivity index (χ4n) is 4.29. The Bertz CT molecular complexity index is 1440. The Labute approximate surface area is 249 Å². The summed E-state index contributed by atoms with van der Waals surface area (Å²) in [7, 11) is 0. The lowest BCUT2D eigenvalue weighted by molar-refractivity contribution is -0.123. The van der Waals surface area contributed by atoms with Crippen LogP contribution in [0.1, 0.15) is 36.1 Å². The maximum absolute atomic E-state index is 13.2. The van der Waals surface area contributed by atoms with Gasteiger partial charge in [-0.3, -0.25) is 14.5 Å². The highest BCUT2D eigenvalue weighted by Gasteiger charge is 2.35. The number of aryl methyl sites for hydroxylation is 2. The maximum atomic E-state index is 13.2. The van der Waals surface area contributed by atoms with Crippen LogP contribution < -0.4 is 14.4 Å². The predicted molar refractivity (Wildman–Crippen MR) is 165 cm³/mol. The van der Waals surface area contributed by atoms with E-state index in [2.05, 4.69) is 18.7 Å². The molecule has 0 unspecified atom stereocenters. The number of benzene rings is 3. The smallest absolute Gasteiger partial charge is 0.293 e. The third kappa shape index (κ3) is 7.14. The minimum Gasteiger partial charge on any atom is -0.491 e. The number of carbonyl (C=O) groups is 2. The number of amides is 2. The Kier molecular flexibility index (Phi) is 10.1. The highest BCUT2D eigenvalue weighted by atomic mass is 35.5. The van der Waals surface area contributed by atoms with Crippen molar-refractivity contribution in [2.45, 2.75) is 34.3 Å². The summed E-state index contributed by atoms with van der Waals surface area (Å²) in [5.74, 6) is 0.984. The summed E-state index contributed by atoms with van der Waals surface area (Å²) < 4.78 is 12.1. The van der Waals surface area contributed by atoms with Gasteiger partial charge in [0.05, 0.1) is 11.4 Å². The zero-order valence-corrected chi connectivity index (χ0v) is 25.3. The van der Waals surface area contributed by atoms with E-state index < -0.39 is 0 Å². The van der Waals surface area contributed by atoms with Gasteiger partial charge in [-0.05, 0) is 87.0 Å². The molecule has 0 bridgehead atoms. The number of ether oxygens (including phenoxy) is 2. The van der Waals surface area contributed by atoms with Crippen molar-refractivity contribution in [2.75, 3.05) is 31.1 Å². The van der Waals surface area contributed by atoms with Crippen molar-refractivity contribution in [3.63, 3.8) is 0 Å². The van der Waals surface area contributed by atoms with Crippen LogP contribution in [-0.2, 0) is 11.4 Å². The Morgan fingerprint density at radius 1 is 0.925 bits per heavy atom. The summed E-state index contributed by atoms with van der Waals surface area (Å²) >= 11 is 13.3. The summed E-state index contributed by atoms with van der Waals surface area (Å²) in [6, 6.07) is 17.1. The van der Waals surface area contributed by atoms with Crippen LogP contribution in [0.25, 0.3) is 6.08 Å². The summed E-state index contributed by atoms with van der Waals surface area (Å²) in [5.41, 5.74) is 4.56. The Morgan fingerprint density at radius 2 is 1.70 bits per heavy atom. The molecule has 0 aliphatic carbocycles. The van der Waals surface area contributed by atoms with Gasteiger partial charge in [0.25, 0.3) is 11.1 Å². The molecule has 1 heterocycles. The molecular weight excluding hydrogens is 567 g/mol. The molecule has 0 aromatic heterocycles. The average Bonchev–Trinajstić information content (AvgIpc) is 3.19. The molecule has 2 amide bonds. The standard InChI is InChI=1S/C31H32Cl2N2O4S/c1-5-34(6-2)25-12-10-22(28(18-25)39-19-23-9-11-24(32)17-26(23)33)16-29-30(36)35(31(37)40-29)13-14-38-27-15-20(3)7-8-21(27)4/h7-12,15-18H,5-6,13-14,19H2,1-4H3/b29-16-. The predicted octanol–water partition coefficient (Wildman–Crippen LogP) is 8.15. The molecule has 6 nitrogen and oxygen atoms in total. The van der Waals surface area contributed by atoms with Gasteiger partial charge in [-0.25, -0.2) is 0 Å². The second-order valence-corrected chi connectivity index (χ2v) is 11.2. The summed E-state index contributed by atoms with van der Waals surface area (Å²) in [5, 5.41) is 0.738. The van der Waals surface area contributed by atoms with E-state index in [0.717, 1.165) is 53.0 Å². The molecule has 4 rings (SSSR count). The first-order chi connectivity index (χ1) is 19.2. The van der Waals surface area contributed by atoms with Gasteiger partial charge in [0, 0.05) is 46.0 Å². The molecular formula is C31H32Cl2N2O4S. The molecule has 0 saturated carbocycles. The molecule has 0 N–H and O–H groups in total. The molecule has 9 heteroatoms. The number of hydrogen-bond acceptors (Lipinski definition) is 6. The van der Waals surface area contributed by atoms with Gasteiger partial charge in [-0.2, -0.15) is 0 Å². The molecule has 0 spiro atoms. The number of carbonyl (C=O) groups excluding carboxylic acids is 2. The third-order valence-electron chi connectivity index (χ3n) is 6.60. The second-order valence-electron chi connectivity index (χ2n) is 9.37. The fraction of sp³-hybridized carbons (Fsp3) is 0.290. The number of rotatable bonds is 11. The molecule has 40 heavy (non-hydrogen) atoms. The van der Waals surface area contributed by atoms with Crippen LogP contribution in [0.2, 0.25) is 10.0 Å². The minimum atomic E-state index is -0.348. The van der Waals surface area contributed by atoms with E-state index in [1.165, 1.54) is 4.90 Å². The van der Waals surface area contributed by atoms with E-state index in [4.69, 9.17) is 32.7 Å². The molecule has 3 aromatic carbocycles. The zero-order valence-electron chi connectivity index (χ0n) is 23.0. The number of imide groups is 1. The number of halogens is 2. The maximum Gasteiger partial charge on any atom is 0.293 e. The van der Waals surface area contributed by atoms with Crippen molar-refractivity contribution >= 4 is 57.9 Å². The van der Waals surface area contributed by atoms with Crippen LogP contribution in [-0.4, -0.2) is 42.3 Å². The SMILES string of the molecule is CCN(CC)c1ccc(/C=C2\SC(=O)N(CCOc3cc(C)ccc3C)C2=O)c(OCc2ccc(Cl)cc2Cl)c1. The molecule has 1 aliphatic heterocycles. The lowest BCUT2D eigenvalue weighted by Gasteiger charge is -2.22. The van der Waals surface area contributed by atoms with E-state index in [0.29, 0.717) is 26.3 Å². The van der Waals surface area contributed by atoms with Gasteiger partial charge >= 0.3 is 0 Å². The van der Waals surface area contributed by atoms with Gasteiger partial charge in [0.1, 0.15) is 24.7 Å². The van der Waals surface area contributed by atoms with Crippen LogP contribution in [0.3, 0.4) is 0 Å². The topological polar surface area (TPSA) is 59.1 Å². The monoisotopic (exact) mass is 598 g/mol. The van der Waals surface area contributed by atoms with E-state index >= 15 is 0 Å². The number of thioether (sulfide) groups is 1. The molecule has 0 radical (unpaired) electrons. The van der Waals surface area contributed by atoms with Crippen molar-refractivity contribution in [1.29, 1.82) is 0 Å². The molecule has 210 valence electrons. The van der Waals surface area contributed by atoms with Crippen molar-refractivity contribution in [1.82, 2.24) is 4.90 Å². The van der Waals surface area contributed by atoms with E-state index in [9.17, 15) is 9.59 Å². The first-order valence-electron chi connectivity index (χ1n) is 13.1. The lowest BCUT2D eigenvalue weighted by Crippen LogP contribution is -2.32. The van der Waals surface area contributed by atoms with Crippen LogP contribution in [0.15, 0.2) is 59.5 Å². The Morgan fingerprint density at radius 3 is 2.42 bits per heavy atom. The van der Waals surface area contributed by atoms with Gasteiger partial charge in [-0.1, -0.05) is 41.4 Å². The molecule has 3 aromatic rings. The zero-order chi connectivity index (χ0) is 28.8. The summed E-state index contributed by atoms with van der Waals surface area (Å²) in [6.07, 6.45) is 1.71. The fourth-order valence-corrected chi connectivity index (χ4v) is 5.61. The van der Waals surface area contributed by atoms with Crippen molar-refractivity contribution in [3.8, 4) is 11.5 Å². The van der Waals surface area contributed by atoms with Crippen LogP contribution in [0.5, 0.6) is 11.5 Å². The van der Waals surface area contributed by atoms with E-state index in [-0.39, 0.29) is 30.9 Å². The highest BCUT2D eigenvalue weighted by molar-refractivity contribution is 8.18. The lowest BCUT2D eigenvalue weighted by atomic mass is 10.1. The molecule has 1 aliphatic rings. The average molecular weight is 600 g/mol. The summed E-state index contributed by atoms with van der Waals surface area (Å²) in [4.78, 5) is 29.7. The van der Waals surface area contributed by atoms with Crippen LogP contribution in [0.4, 0.5) is 10.5 Å². The number of nitrogens with zero attached hydrogens (tertiary/aromatic N) is 2. The number of anilines is 1. The number of hydrogen-bond donors (Lipinski definition) is 0. The van der Waals surface area contributed by atoms with Gasteiger partial charge in [-0.15, -0.1) is 0 Å². The minimum absolute atomic E-state index is 0.161. The first kappa shape index (κ1) is 29.8. The first-order valence-corrected chi connectivity index (χ1v) is 14.7. The quantitative estimate of drug-likeness (QED) is 0.207. The van der Waals surface area contributed by atoms with Crippen molar-refractivity contribution < 1.29 is 19.1 Å². The third-order valence-corrected chi connectivity index (χ3v) is 8.09. The van der Waals surface area contributed by atoms with Gasteiger partial charge in [0.15, 0.2) is 0 Å². The largest absolute Gasteiger partial charge is 0.491 e. The van der Waals surface area contributed by atoms with Gasteiger partial charge < -0.3 is 14.4 Å².